The Morgan fingerprint density at radius 1 is 1.30 bits per heavy atom. The molecular weight excluding hydrogens is 327 g/mol. The maximum absolute atomic E-state index is 12.3. The van der Waals surface area contributed by atoms with Gasteiger partial charge in [0.15, 0.2) is 0 Å². The molecule has 1 rings (SSSR count). The number of ether oxygens (including phenoxy) is 1. The molecule has 0 saturated heterocycles. The molecule has 0 radical (unpaired) electrons. The molecule has 1 amide bonds. The average molecular weight is 345 g/mol. The quantitative estimate of drug-likeness (QED) is 0.496. The fraction of sp³-hybridized carbons (Fsp3) is 0.438. The molecule has 1 N–H and O–H groups in total. The Kier molecular flexibility index (Phi) is 6.82. The number of halogens is 3. The van der Waals surface area contributed by atoms with E-state index in [1.807, 2.05) is 0 Å². The first-order valence-electron chi connectivity index (χ1n) is 6.87. The third kappa shape index (κ3) is 9.74. The molecule has 0 aliphatic rings. The summed E-state index contributed by atoms with van der Waals surface area (Å²) in [6.45, 7) is 5.59. The van der Waals surface area contributed by atoms with Gasteiger partial charge in [-0.1, -0.05) is 17.9 Å². The highest BCUT2D eigenvalue weighted by molar-refractivity contribution is 8.00. The molecule has 0 atom stereocenters. The predicted octanol–water partition coefficient (Wildman–Crippen LogP) is 4.56. The van der Waals surface area contributed by atoms with Crippen molar-refractivity contribution in [3.05, 3.63) is 29.8 Å². The van der Waals surface area contributed by atoms with Gasteiger partial charge in [-0.2, -0.15) is 13.2 Å². The van der Waals surface area contributed by atoms with Crippen LogP contribution < -0.4 is 5.32 Å². The minimum absolute atomic E-state index is 0.0937. The van der Waals surface area contributed by atoms with E-state index < -0.39 is 17.2 Å². The molecule has 0 heterocycles. The Morgan fingerprint density at radius 3 is 2.61 bits per heavy atom. The molecule has 1 aromatic rings. The molecular formula is C16H18F3NO2S. The van der Waals surface area contributed by atoms with Crippen molar-refractivity contribution in [2.75, 3.05) is 6.54 Å². The highest BCUT2D eigenvalue weighted by Crippen LogP contribution is 2.36. The highest BCUT2D eigenvalue weighted by atomic mass is 32.2. The van der Waals surface area contributed by atoms with E-state index in [0.29, 0.717) is 18.5 Å². The Morgan fingerprint density at radius 2 is 2.00 bits per heavy atom. The van der Waals surface area contributed by atoms with Crippen molar-refractivity contribution in [2.24, 2.45) is 0 Å². The first-order valence-corrected chi connectivity index (χ1v) is 7.68. The molecule has 0 unspecified atom stereocenters. The van der Waals surface area contributed by atoms with Crippen molar-refractivity contribution in [1.82, 2.24) is 5.32 Å². The average Bonchev–Trinajstić information content (AvgIpc) is 2.34. The van der Waals surface area contributed by atoms with Gasteiger partial charge in [0.25, 0.3) is 0 Å². The molecule has 0 aromatic heterocycles. The number of alkyl halides is 3. The Labute approximate surface area is 138 Å². The summed E-state index contributed by atoms with van der Waals surface area (Å²) in [6, 6.07) is 5.92. The van der Waals surface area contributed by atoms with Gasteiger partial charge in [-0.05, 0) is 50.7 Å². The van der Waals surface area contributed by atoms with E-state index >= 15 is 0 Å². The van der Waals surface area contributed by atoms with Crippen molar-refractivity contribution in [3.8, 4) is 11.8 Å². The highest BCUT2D eigenvalue weighted by Gasteiger charge is 2.29. The van der Waals surface area contributed by atoms with E-state index in [-0.39, 0.29) is 16.7 Å². The summed E-state index contributed by atoms with van der Waals surface area (Å²) in [5.74, 6) is 5.57. The van der Waals surface area contributed by atoms with Crippen molar-refractivity contribution < 1.29 is 22.7 Å². The van der Waals surface area contributed by atoms with Crippen LogP contribution in [0.5, 0.6) is 0 Å². The van der Waals surface area contributed by atoms with Gasteiger partial charge in [-0.25, -0.2) is 4.79 Å². The Hall–Kier alpha value is -1.81. The summed E-state index contributed by atoms with van der Waals surface area (Å²) in [7, 11) is 0. The lowest BCUT2D eigenvalue weighted by Crippen LogP contribution is -2.32. The van der Waals surface area contributed by atoms with Gasteiger partial charge < -0.3 is 10.1 Å². The number of alkyl carbamates (subject to hydrolysis) is 1. The molecule has 0 fully saturated rings. The van der Waals surface area contributed by atoms with E-state index in [1.54, 1.807) is 26.8 Å². The number of hydrogen-bond donors (Lipinski definition) is 1. The fourth-order valence-corrected chi connectivity index (χ4v) is 2.08. The number of benzene rings is 1. The molecule has 0 aliphatic carbocycles. The van der Waals surface area contributed by atoms with Gasteiger partial charge in [0.1, 0.15) is 5.60 Å². The van der Waals surface area contributed by atoms with Crippen molar-refractivity contribution in [1.29, 1.82) is 0 Å². The minimum atomic E-state index is -4.32. The predicted molar refractivity (Wildman–Crippen MR) is 84.1 cm³/mol. The fourth-order valence-electron chi connectivity index (χ4n) is 1.48. The zero-order chi connectivity index (χ0) is 17.5. The van der Waals surface area contributed by atoms with Crippen LogP contribution in [0.15, 0.2) is 29.2 Å². The zero-order valence-electron chi connectivity index (χ0n) is 13.1. The van der Waals surface area contributed by atoms with Crippen LogP contribution in [-0.2, 0) is 4.74 Å². The molecule has 23 heavy (non-hydrogen) atoms. The number of rotatable bonds is 3. The van der Waals surface area contributed by atoms with Crippen molar-refractivity contribution in [3.63, 3.8) is 0 Å². The molecule has 0 bridgehead atoms. The van der Waals surface area contributed by atoms with Gasteiger partial charge in [-0.15, -0.1) is 0 Å². The summed E-state index contributed by atoms with van der Waals surface area (Å²) in [4.78, 5) is 11.5. The van der Waals surface area contributed by atoms with Gasteiger partial charge in [-0.3, -0.25) is 0 Å². The molecule has 0 spiro atoms. The topological polar surface area (TPSA) is 38.3 Å². The summed E-state index contributed by atoms with van der Waals surface area (Å²) in [6.07, 6.45) is -0.154. The van der Waals surface area contributed by atoms with E-state index in [4.69, 9.17) is 4.74 Å². The third-order valence-corrected chi connectivity index (χ3v) is 2.94. The van der Waals surface area contributed by atoms with Gasteiger partial charge in [0.2, 0.25) is 0 Å². The first kappa shape index (κ1) is 19.2. The summed E-state index contributed by atoms with van der Waals surface area (Å²) < 4.78 is 41.9. The van der Waals surface area contributed by atoms with Crippen LogP contribution >= 0.6 is 11.8 Å². The van der Waals surface area contributed by atoms with Crippen LogP contribution in [0.3, 0.4) is 0 Å². The van der Waals surface area contributed by atoms with E-state index in [0.717, 1.165) is 0 Å². The van der Waals surface area contributed by atoms with Crippen LogP contribution in [0, 0.1) is 11.8 Å². The SMILES string of the molecule is CC(C)(C)OC(=O)NCCC#Cc1cccc(SC(F)(F)F)c1. The molecule has 0 saturated carbocycles. The second-order valence-electron chi connectivity index (χ2n) is 5.56. The van der Waals surface area contributed by atoms with Crippen LogP contribution in [0.4, 0.5) is 18.0 Å². The third-order valence-electron chi connectivity index (χ3n) is 2.22. The number of nitrogens with one attached hydrogen (secondary N) is 1. The minimum Gasteiger partial charge on any atom is -0.444 e. The summed E-state index contributed by atoms with van der Waals surface area (Å²) >= 11 is -0.174. The number of carbonyl (C=O) groups is 1. The van der Waals surface area contributed by atoms with Crippen LogP contribution in [0.2, 0.25) is 0 Å². The van der Waals surface area contributed by atoms with Gasteiger partial charge in [0, 0.05) is 23.4 Å². The number of hydrogen-bond acceptors (Lipinski definition) is 3. The maximum Gasteiger partial charge on any atom is 0.446 e. The maximum atomic E-state index is 12.3. The lowest BCUT2D eigenvalue weighted by Gasteiger charge is -2.19. The molecule has 126 valence electrons. The van der Waals surface area contributed by atoms with Gasteiger partial charge in [0.05, 0.1) is 0 Å². The van der Waals surface area contributed by atoms with Crippen LogP contribution in [0.25, 0.3) is 0 Å². The second kappa shape index (κ2) is 8.16. The van der Waals surface area contributed by atoms with Crippen molar-refractivity contribution >= 4 is 17.9 Å². The van der Waals surface area contributed by atoms with Crippen LogP contribution in [0.1, 0.15) is 32.8 Å². The second-order valence-corrected chi connectivity index (χ2v) is 6.69. The van der Waals surface area contributed by atoms with E-state index in [1.165, 1.54) is 18.2 Å². The largest absolute Gasteiger partial charge is 0.446 e. The zero-order valence-corrected chi connectivity index (χ0v) is 13.9. The van der Waals surface area contributed by atoms with E-state index in [9.17, 15) is 18.0 Å². The monoisotopic (exact) mass is 345 g/mol. The first-order chi connectivity index (χ1) is 10.6. The van der Waals surface area contributed by atoms with Crippen molar-refractivity contribution in [2.45, 2.75) is 43.2 Å². The van der Waals surface area contributed by atoms with Gasteiger partial charge >= 0.3 is 11.6 Å². The van der Waals surface area contributed by atoms with E-state index in [2.05, 4.69) is 17.2 Å². The standard InChI is InChI=1S/C16H18F3NO2S/c1-15(2,3)22-14(21)20-10-5-4-7-12-8-6-9-13(11-12)23-16(17,18)19/h6,8-9,11H,5,10H2,1-3H3,(H,20,21). The number of amides is 1. The van der Waals surface area contributed by atoms with Crippen LogP contribution in [-0.4, -0.2) is 23.7 Å². The summed E-state index contributed by atoms with van der Waals surface area (Å²) in [5, 5.41) is 2.55. The molecule has 1 aromatic carbocycles. The lowest BCUT2D eigenvalue weighted by atomic mass is 10.2. The molecule has 7 heteroatoms. The molecule has 3 nitrogen and oxygen atoms in total. The molecule has 0 aliphatic heterocycles. The number of thioether (sulfide) groups is 1. The lowest BCUT2D eigenvalue weighted by molar-refractivity contribution is -0.0328. The Balaban J connectivity index is 2.45. The summed E-state index contributed by atoms with van der Waals surface area (Å²) in [5.41, 5.74) is -4.38. The normalized spacial score (nSPS) is 11.4. The Bertz CT molecular complexity index is 598. The number of carbonyl (C=O) groups excluding carboxylic acids is 1. The smallest absolute Gasteiger partial charge is 0.444 e.